The van der Waals surface area contributed by atoms with Crippen LogP contribution in [0, 0.1) is 0 Å². The number of ether oxygens (including phenoxy) is 9. The zero-order valence-electron chi connectivity index (χ0n) is 37.0. The first-order valence-corrected chi connectivity index (χ1v) is 21.0. The van der Waals surface area contributed by atoms with Crippen molar-refractivity contribution in [2.45, 2.75) is 77.0 Å². The van der Waals surface area contributed by atoms with Crippen molar-refractivity contribution >= 4 is 0 Å². The van der Waals surface area contributed by atoms with E-state index < -0.39 is 0 Å². The number of benzene rings is 4. The molecule has 0 fully saturated rings. The number of phenols is 2. The van der Waals surface area contributed by atoms with Gasteiger partial charge >= 0.3 is 0 Å². The Balaban J connectivity index is 0.00000410. The molecule has 0 aromatic heterocycles. The third-order valence-corrected chi connectivity index (χ3v) is 11.8. The van der Waals surface area contributed by atoms with E-state index in [1.807, 2.05) is 18.2 Å². The highest BCUT2D eigenvalue weighted by molar-refractivity contribution is 5.63. The highest BCUT2D eigenvalue weighted by atomic mass is 16.6. The lowest BCUT2D eigenvalue weighted by Crippen LogP contribution is -2.17. The van der Waals surface area contributed by atoms with Crippen molar-refractivity contribution in [1.82, 2.24) is 0 Å². The minimum Gasteiger partial charge on any atom is -0.508 e. The lowest BCUT2D eigenvalue weighted by molar-refractivity contribution is 0.00485. The van der Waals surface area contributed by atoms with Gasteiger partial charge in [0.2, 0.25) is 0 Å². The molecule has 13 heteroatoms. The Labute approximate surface area is 360 Å². The fourth-order valence-electron chi connectivity index (χ4n) is 8.94. The van der Waals surface area contributed by atoms with Gasteiger partial charge in [-0.1, -0.05) is 27.7 Å². The SMILES string of the molecule is CC[C@@H]1c2cc(c(O)cc2OC)[C@H](CC)c2cc(c(O)cc2OC)[C@H](CC)c2cc3c(cc2OC)OCCOCCOCCOCCOc2cc(OC)c(cc21)[C@H]3CC.O.O. The highest BCUT2D eigenvalue weighted by Crippen LogP contribution is 2.52. The van der Waals surface area contributed by atoms with Gasteiger partial charge in [-0.3, -0.25) is 0 Å². The molecule has 4 aromatic carbocycles. The number of methoxy groups -OCH3 is 4. The van der Waals surface area contributed by atoms with Crippen molar-refractivity contribution < 1.29 is 63.8 Å². The fourth-order valence-corrected chi connectivity index (χ4v) is 8.94. The summed E-state index contributed by atoms with van der Waals surface area (Å²) < 4.78 is 55.1. The molecule has 6 N–H and O–H groups in total. The van der Waals surface area contributed by atoms with E-state index in [-0.39, 0.29) is 46.1 Å². The topological polar surface area (TPSA) is 187 Å². The van der Waals surface area contributed by atoms with E-state index in [9.17, 15) is 10.2 Å². The van der Waals surface area contributed by atoms with Crippen molar-refractivity contribution in [2.24, 2.45) is 0 Å². The van der Waals surface area contributed by atoms with Crippen molar-refractivity contribution in [3.05, 3.63) is 93.0 Å². The Morgan fingerprint density at radius 1 is 0.393 bits per heavy atom. The predicted octanol–water partition coefficient (Wildman–Crippen LogP) is 7.78. The molecule has 4 atom stereocenters. The smallest absolute Gasteiger partial charge is 0.126 e. The molecule has 61 heavy (non-hydrogen) atoms. The molecule has 9 bridgehead atoms. The van der Waals surface area contributed by atoms with Gasteiger partial charge in [-0.15, -0.1) is 0 Å². The first-order chi connectivity index (χ1) is 28.8. The summed E-state index contributed by atoms with van der Waals surface area (Å²) in [5.41, 5.74) is 7.01. The van der Waals surface area contributed by atoms with Crippen LogP contribution in [0.2, 0.25) is 0 Å². The van der Waals surface area contributed by atoms with Gasteiger partial charge in [0.25, 0.3) is 0 Å². The lowest BCUT2D eigenvalue weighted by atomic mass is 9.77. The molecule has 4 aromatic rings. The zero-order valence-corrected chi connectivity index (χ0v) is 37.0. The maximum Gasteiger partial charge on any atom is 0.126 e. The molecule has 0 unspecified atom stereocenters. The summed E-state index contributed by atoms with van der Waals surface area (Å²) in [7, 11) is 6.59. The zero-order chi connectivity index (χ0) is 42.1. The van der Waals surface area contributed by atoms with E-state index in [2.05, 4.69) is 45.9 Å². The summed E-state index contributed by atoms with van der Waals surface area (Å²) in [4.78, 5) is 0. The number of hydrogen-bond acceptors (Lipinski definition) is 11. The van der Waals surface area contributed by atoms with Gasteiger partial charge in [-0.2, -0.15) is 0 Å². The van der Waals surface area contributed by atoms with Gasteiger partial charge < -0.3 is 63.8 Å². The number of fused-ring (bicyclic) bond motifs is 9. The molecule has 1 heterocycles. The van der Waals surface area contributed by atoms with E-state index in [1.54, 1.807) is 40.6 Å². The third-order valence-electron chi connectivity index (χ3n) is 11.8. The monoisotopic (exact) mass is 850 g/mol. The predicted molar refractivity (Wildman–Crippen MR) is 235 cm³/mol. The van der Waals surface area contributed by atoms with E-state index in [4.69, 9.17) is 42.6 Å². The summed E-state index contributed by atoms with van der Waals surface area (Å²) in [6, 6.07) is 15.9. The quantitative estimate of drug-likeness (QED) is 0.176. The van der Waals surface area contributed by atoms with Crippen LogP contribution in [-0.4, -0.2) is 102 Å². The van der Waals surface area contributed by atoms with Crippen LogP contribution >= 0.6 is 0 Å². The third kappa shape index (κ3) is 10.2. The molecule has 6 rings (SSSR count). The molecular formula is C48H66O13. The van der Waals surface area contributed by atoms with Crippen LogP contribution in [0.1, 0.15) is 122 Å². The van der Waals surface area contributed by atoms with Crippen LogP contribution in [0.5, 0.6) is 46.0 Å². The van der Waals surface area contributed by atoms with Crippen LogP contribution in [0.25, 0.3) is 0 Å². The summed E-state index contributed by atoms with van der Waals surface area (Å²) in [5.74, 6) is 2.98. The van der Waals surface area contributed by atoms with Gasteiger partial charge in [0.15, 0.2) is 0 Å². The number of hydrogen-bond donors (Lipinski definition) is 2. The van der Waals surface area contributed by atoms with Crippen LogP contribution in [-0.2, 0) is 14.2 Å². The largest absolute Gasteiger partial charge is 0.508 e. The molecule has 0 amide bonds. The second-order valence-corrected chi connectivity index (χ2v) is 14.9. The Kier molecular flexibility index (Phi) is 18.2. The molecule has 2 aliphatic rings. The lowest BCUT2D eigenvalue weighted by Gasteiger charge is -2.30. The first-order valence-electron chi connectivity index (χ1n) is 21.0. The standard InChI is InChI=1S/C48H62O11.2H2O/c1-9-29-34-22-36(44(52-6)26-42(34)50)31(11-3)40-24-38-32(12-4)39-23-37(30(10-2)33-21-35(29)43(51-5)25-41(33)49)45(53-7)27-47(39)58-19-17-56-15-13-55-14-16-57-18-20-59-48(40)28-46(38)54-8;;/h21-32,49-50H,9-20H2,1-8H3;2*1H2/t29-,30-,31+,32+;;/m0../s1. The summed E-state index contributed by atoms with van der Waals surface area (Å²) in [6.07, 6.45) is 2.69. The minimum atomic E-state index is -0.299. The van der Waals surface area contributed by atoms with Crippen LogP contribution in [0.4, 0.5) is 0 Å². The van der Waals surface area contributed by atoms with Crippen LogP contribution in [0.3, 0.4) is 0 Å². The van der Waals surface area contributed by atoms with Crippen LogP contribution < -0.4 is 28.4 Å². The van der Waals surface area contributed by atoms with Gasteiger partial charge in [-0.25, -0.2) is 0 Å². The Morgan fingerprint density at radius 3 is 0.951 bits per heavy atom. The molecule has 0 spiro atoms. The maximum atomic E-state index is 11.8. The average molecular weight is 851 g/mol. The second kappa shape index (κ2) is 22.8. The molecule has 1 aliphatic heterocycles. The molecule has 0 saturated carbocycles. The average Bonchev–Trinajstić information content (AvgIpc) is 3.25. The second-order valence-electron chi connectivity index (χ2n) is 14.9. The molecular weight excluding hydrogens is 785 g/mol. The van der Waals surface area contributed by atoms with E-state index in [0.29, 0.717) is 113 Å². The summed E-state index contributed by atoms with van der Waals surface area (Å²) in [5, 5.41) is 23.6. The van der Waals surface area contributed by atoms with Crippen LogP contribution in [0.15, 0.2) is 48.5 Å². The summed E-state index contributed by atoms with van der Waals surface area (Å²) >= 11 is 0. The normalized spacial score (nSPS) is 19.5. The minimum absolute atomic E-state index is 0. The first kappa shape index (κ1) is 48.7. The number of phenolic OH excluding ortho intramolecular Hbond substituents is 2. The van der Waals surface area contributed by atoms with E-state index in [1.165, 1.54) is 0 Å². The highest BCUT2D eigenvalue weighted by Gasteiger charge is 2.33. The molecule has 0 saturated heterocycles. The maximum absolute atomic E-state index is 11.8. The number of rotatable bonds is 8. The fraction of sp³-hybridized carbons (Fsp3) is 0.500. The van der Waals surface area contributed by atoms with Crippen molar-refractivity contribution in [3.8, 4) is 46.0 Å². The van der Waals surface area contributed by atoms with Gasteiger partial charge in [-0.05, 0) is 49.9 Å². The molecule has 13 nitrogen and oxygen atoms in total. The molecule has 336 valence electrons. The van der Waals surface area contributed by atoms with E-state index >= 15 is 0 Å². The summed E-state index contributed by atoms with van der Waals surface area (Å²) in [6.45, 7) is 11.6. The Hall–Kier alpha value is -4.92. The van der Waals surface area contributed by atoms with Crippen molar-refractivity contribution in [3.63, 3.8) is 0 Å². The van der Waals surface area contributed by atoms with Gasteiger partial charge in [0.1, 0.15) is 59.2 Å². The molecule has 0 radical (unpaired) electrons. The van der Waals surface area contributed by atoms with Gasteiger partial charge in [0, 0.05) is 92.4 Å². The number of aromatic hydroxyl groups is 2. The Bertz CT molecular complexity index is 2020. The molecule has 1 aliphatic carbocycles. The Morgan fingerprint density at radius 2 is 0.656 bits per heavy atom. The van der Waals surface area contributed by atoms with Gasteiger partial charge in [0.05, 0.1) is 68.1 Å². The van der Waals surface area contributed by atoms with Crippen molar-refractivity contribution in [1.29, 1.82) is 0 Å². The van der Waals surface area contributed by atoms with Crippen molar-refractivity contribution in [2.75, 3.05) is 81.3 Å². The van der Waals surface area contributed by atoms with E-state index in [0.717, 1.165) is 44.5 Å².